The molecule has 1 saturated carbocycles. The Kier molecular flexibility index (Phi) is 7.37. The predicted molar refractivity (Wildman–Crippen MR) is 136 cm³/mol. The first-order valence-electron chi connectivity index (χ1n) is 13.7. The Morgan fingerprint density at radius 1 is 1.16 bits per heavy atom. The molecule has 9 heteroatoms. The van der Waals surface area contributed by atoms with E-state index in [2.05, 4.69) is 19.9 Å². The van der Waals surface area contributed by atoms with Crippen LogP contribution < -0.4 is 0 Å². The van der Waals surface area contributed by atoms with Gasteiger partial charge in [-0.2, -0.15) is 0 Å². The first-order valence-corrected chi connectivity index (χ1v) is 13.7. The molecule has 0 radical (unpaired) electrons. The standard InChI is InChI=1S/C29H40O9/c1-17-9-10-28-15-35-26(33)12-18(2)20(31)14-34-21(19(3)30)7-5-6-8-25(32)38-22-13-24(37-23(28)11-17)29(16-36-29)27(22,28)4/h5-8,11,18-24,30-31H,9-10,12-16H2,1-4H3/b7-5+,8-6+/t18-,19+,20-,21+,22+,23-,24-,27-,28-,29+/m0/s1. The second kappa shape index (κ2) is 10.2. The van der Waals surface area contributed by atoms with Gasteiger partial charge in [-0.3, -0.25) is 4.79 Å². The molecule has 0 aromatic rings. The Labute approximate surface area is 223 Å². The van der Waals surface area contributed by atoms with Crippen molar-refractivity contribution in [2.24, 2.45) is 16.7 Å². The van der Waals surface area contributed by atoms with Gasteiger partial charge in [-0.25, -0.2) is 4.79 Å². The van der Waals surface area contributed by atoms with Crippen molar-refractivity contribution in [2.75, 3.05) is 19.8 Å². The maximum Gasteiger partial charge on any atom is 0.331 e. The smallest absolute Gasteiger partial charge is 0.331 e. The minimum Gasteiger partial charge on any atom is -0.465 e. The van der Waals surface area contributed by atoms with Crippen LogP contribution in [0.3, 0.4) is 0 Å². The average molecular weight is 533 g/mol. The van der Waals surface area contributed by atoms with Gasteiger partial charge in [0.15, 0.2) is 0 Å². The van der Waals surface area contributed by atoms with Crippen LogP contribution in [0.1, 0.15) is 53.4 Å². The van der Waals surface area contributed by atoms with E-state index in [1.807, 2.05) is 0 Å². The third-order valence-corrected chi connectivity index (χ3v) is 9.69. The number of allylic oxidation sites excluding steroid dienone is 3. The lowest BCUT2D eigenvalue weighted by molar-refractivity contribution is -0.233. The highest BCUT2D eigenvalue weighted by atomic mass is 16.6. The number of rotatable bonds is 1. The minimum atomic E-state index is -0.925. The van der Waals surface area contributed by atoms with Crippen molar-refractivity contribution >= 4 is 11.9 Å². The molecular weight excluding hydrogens is 492 g/mol. The van der Waals surface area contributed by atoms with E-state index in [9.17, 15) is 19.8 Å². The summed E-state index contributed by atoms with van der Waals surface area (Å²) < 4.78 is 30.5. The summed E-state index contributed by atoms with van der Waals surface area (Å²) in [6.07, 6.45) is 6.84. The minimum absolute atomic E-state index is 0.0122. The number of aliphatic hydroxyl groups excluding tert-OH is 2. The lowest BCUT2D eigenvalue weighted by atomic mass is 9.51. The van der Waals surface area contributed by atoms with Crippen LogP contribution in [0.5, 0.6) is 0 Å². The molecular formula is C29H40O9. The van der Waals surface area contributed by atoms with E-state index >= 15 is 0 Å². The van der Waals surface area contributed by atoms with Crippen molar-refractivity contribution < 1.29 is 43.5 Å². The molecule has 3 fully saturated rings. The van der Waals surface area contributed by atoms with Gasteiger partial charge < -0.3 is 33.9 Å². The number of epoxide rings is 1. The zero-order chi connectivity index (χ0) is 27.3. The topological polar surface area (TPSA) is 124 Å². The van der Waals surface area contributed by atoms with Crippen LogP contribution in [0.2, 0.25) is 0 Å². The number of cyclic esters (lactones) is 1. The molecule has 2 N–H and O–H groups in total. The summed E-state index contributed by atoms with van der Waals surface area (Å²) >= 11 is 0. The van der Waals surface area contributed by atoms with Gasteiger partial charge >= 0.3 is 11.9 Å². The molecule has 0 unspecified atom stereocenters. The Hall–Kier alpha value is -2.04. The van der Waals surface area contributed by atoms with E-state index in [4.69, 9.17) is 23.7 Å². The summed E-state index contributed by atoms with van der Waals surface area (Å²) in [5.74, 6) is -1.33. The zero-order valence-corrected chi connectivity index (χ0v) is 22.6. The molecule has 3 aliphatic heterocycles. The monoisotopic (exact) mass is 532 g/mol. The molecule has 0 amide bonds. The molecule has 3 heterocycles. The zero-order valence-electron chi connectivity index (χ0n) is 22.6. The van der Waals surface area contributed by atoms with E-state index in [1.165, 1.54) is 11.6 Å². The molecule has 210 valence electrons. The Balaban J connectivity index is 1.50. The van der Waals surface area contributed by atoms with Crippen molar-refractivity contribution in [3.63, 3.8) is 0 Å². The van der Waals surface area contributed by atoms with Crippen molar-refractivity contribution in [3.8, 4) is 0 Å². The van der Waals surface area contributed by atoms with Gasteiger partial charge in [0.2, 0.25) is 0 Å². The summed E-state index contributed by atoms with van der Waals surface area (Å²) in [5.41, 5.74) is -0.638. The Bertz CT molecular complexity index is 1030. The van der Waals surface area contributed by atoms with Crippen molar-refractivity contribution in [1.29, 1.82) is 0 Å². The van der Waals surface area contributed by atoms with Crippen LogP contribution in [0, 0.1) is 16.7 Å². The van der Waals surface area contributed by atoms with Gasteiger partial charge in [0.1, 0.15) is 24.4 Å². The molecule has 2 spiro atoms. The molecule has 5 aliphatic rings. The van der Waals surface area contributed by atoms with Crippen molar-refractivity contribution in [2.45, 2.75) is 95.6 Å². The third kappa shape index (κ3) is 4.46. The Morgan fingerprint density at radius 3 is 2.63 bits per heavy atom. The second-order valence-corrected chi connectivity index (χ2v) is 11.9. The highest BCUT2D eigenvalue weighted by Crippen LogP contribution is 2.72. The summed E-state index contributed by atoms with van der Waals surface area (Å²) in [7, 11) is 0. The normalized spacial score (nSPS) is 48.0. The van der Waals surface area contributed by atoms with Gasteiger partial charge in [-0.05, 0) is 32.6 Å². The van der Waals surface area contributed by atoms with Crippen LogP contribution in [0.4, 0.5) is 0 Å². The molecule has 2 bridgehead atoms. The van der Waals surface area contributed by atoms with Crippen LogP contribution in [-0.4, -0.2) is 84.2 Å². The summed E-state index contributed by atoms with van der Waals surface area (Å²) in [4.78, 5) is 26.0. The van der Waals surface area contributed by atoms with E-state index < -0.39 is 58.7 Å². The summed E-state index contributed by atoms with van der Waals surface area (Å²) in [5, 5.41) is 20.7. The van der Waals surface area contributed by atoms with Gasteiger partial charge in [0, 0.05) is 17.9 Å². The number of ether oxygens (including phenoxy) is 5. The van der Waals surface area contributed by atoms with E-state index in [-0.39, 0.29) is 31.8 Å². The van der Waals surface area contributed by atoms with Gasteiger partial charge in [0.25, 0.3) is 0 Å². The molecule has 0 aromatic carbocycles. The van der Waals surface area contributed by atoms with Crippen LogP contribution in [-0.2, 0) is 33.3 Å². The first-order chi connectivity index (χ1) is 18.0. The molecule has 38 heavy (non-hydrogen) atoms. The molecule has 10 atom stereocenters. The van der Waals surface area contributed by atoms with Crippen LogP contribution in [0.15, 0.2) is 36.0 Å². The molecule has 9 nitrogen and oxygen atoms in total. The SMILES string of the molecule is CC1=C[C@@H]2O[C@H]3C[C@H]4OC(=O)/C=C/C=C/[C@H]([C@@H](C)O)OC[C@H](O)[C@@H](C)CC(=O)OC[C@]2(CC1)[C@@]4(C)[C@@]31CO1. The first kappa shape index (κ1) is 27.5. The molecule has 5 rings (SSSR count). The number of hydrogen-bond donors (Lipinski definition) is 2. The highest BCUT2D eigenvalue weighted by Gasteiger charge is 2.83. The Morgan fingerprint density at radius 2 is 1.92 bits per heavy atom. The third-order valence-electron chi connectivity index (χ3n) is 9.69. The maximum atomic E-state index is 13.0. The number of esters is 2. The average Bonchev–Trinajstić information content (AvgIpc) is 3.64. The van der Waals surface area contributed by atoms with Gasteiger partial charge in [0.05, 0.1) is 49.5 Å². The van der Waals surface area contributed by atoms with Crippen LogP contribution >= 0.6 is 0 Å². The predicted octanol–water partition coefficient (Wildman–Crippen LogP) is 2.39. The number of hydrogen-bond acceptors (Lipinski definition) is 9. The van der Waals surface area contributed by atoms with Crippen molar-refractivity contribution in [3.05, 3.63) is 36.0 Å². The summed E-state index contributed by atoms with van der Waals surface area (Å²) in [6.45, 7) is 8.08. The lowest BCUT2D eigenvalue weighted by Crippen LogP contribution is -2.66. The van der Waals surface area contributed by atoms with E-state index in [1.54, 1.807) is 32.1 Å². The second-order valence-electron chi connectivity index (χ2n) is 11.9. The van der Waals surface area contributed by atoms with Crippen molar-refractivity contribution in [1.82, 2.24) is 0 Å². The molecule has 2 saturated heterocycles. The van der Waals surface area contributed by atoms with Crippen LogP contribution in [0.25, 0.3) is 0 Å². The number of aliphatic hydroxyl groups is 2. The maximum absolute atomic E-state index is 13.0. The quantitative estimate of drug-likeness (QED) is 0.298. The fourth-order valence-corrected chi connectivity index (χ4v) is 7.02. The fourth-order valence-electron chi connectivity index (χ4n) is 7.02. The molecule has 0 aromatic heterocycles. The van der Waals surface area contributed by atoms with Gasteiger partial charge in [-0.1, -0.05) is 43.7 Å². The lowest BCUT2D eigenvalue weighted by Gasteiger charge is -2.58. The number of carbonyl (C=O) groups excluding carboxylic acids is 2. The van der Waals surface area contributed by atoms with E-state index in [0.29, 0.717) is 19.4 Å². The fraction of sp³-hybridized carbons (Fsp3) is 0.724. The summed E-state index contributed by atoms with van der Waals surface area (Å²) in [6, 6.07) is 0. The van der Waals surface area contributed by atoms with E-state index in [0.717, 1.165) is 6.42 Å². The largest absolute Gasteiger partial charge is 0.465 e. The van der Waals surface area contributed by atoms with Gasteiger partial charge in [-0.15, -0.1) is 0 Å². The number of carbonyl (C=O) groups is 2. The molecule has 2 aliphatic carbocycles. The highest BCUT2D eigenvalue weighted by molar-refractivity contribution is 5.82.